The van der Waals surface area contributed by atoms with E-state index in [-0.39, 0.29) is 0 Å². The molecule has 1 N–H and O–H groups in total. The molecule has 1 aromatic heterocycles. The van der Waals surface area contributed by atoms with E-state index in [0.717, 1.165) is 36.6 Å². The monoisotopic (exact) mass is 242 g/mol. The van der Waals surface area contributed by atoms with Crippen molar-refractivity contribution < 1.29 is 4.74 Å². The number of aromatic nitrogens is 1. The van der Waals surface area contributed by atoms with Crippen molar-refractivity contribution in [2.45, 2.75) is 19.8 Å². The number of ether oxygens (including phenoxy) is 1. The highest BCUT2D eigenvalue weighted by Crippen LogP contribution is 2.19. The number of pyridine rings is 1. The first kappa shape index (κ1) is 12.4. The van der Waals surface area contributed by atoms with Gasteiger partial charge in [-0.1, -0.05) is 13.3 Å². The van der Waals surface area contributed by atoms with E-state index in [1.807, 2.05) is 36.4 Å². The molecule has 0 saturated heterocycles. The molecule has 0 amide bonds. The molecule has 0 aliphatic heterocycles. The number of nitrogens with zero attached hydrogens (tertiary/aromatic N) is 1. The van der Waals surface area contributed by atoms with Crippen molar-refractivity contribution in [2.24, 2.45) is 0 Å². The second-order valence-electron chi connectivity index (χ2n) is 4.09. The second kappa shape index (κ2) is 6.64. The van der Waals surface area contributed by atoms with Crippen molar-refractivity contribution in [3.63, 3.8) is 0 Å². The summed E-state index contributed by atoms with van der Waals surface area (Å²) in [6, 6.07) is 11.9. The molecule has 3 heteroatoms. The summed E-state index contributed by atoms with van der Waals surface area (Å²) in [7, 11) is 0. The fourth-order valence-corrected chi connectivity index (χ4v) is 1.57. The van der Waals surface area contributed by atoms with Crippen LogP contribution in [0.5, 0.6) is 5.75 Å². The van der Waals surface area contributed by atoms with Gasteiger partial charge in [0.2, 0.25) is 0 Å². The smallest absolute Gasteiger partial charge is 0.119 e. The van der Waals surface area contributed by atoms with Gasteiger partial charge in [-0.15, -0.1) is 0 Å². The maximum atomic E-state index is 5.61. The Kier molecular flexibility index (Phi) is 4.59. The Labute approximate surface area is 108 Å². The lowest BCUT2D eigenvalue weighted by Gasteiger charge is -2.08. The number of unbranched alkanes of at least 4 members (excludes halogenated alkanes) is 1. The van der Waals surface area contributed by atoms with Gasteiger partial charge in [-0.3, -0.25) is 4.98 Å². The molecule has 18 heavy (non-hydrogen) atoms. The van der Waals surface area contributed by atoms with Gasteiger partial charge in [0.1, 0.15) is 5.75 Å². The Balaban J connectivity index is 1.91. The van der Waals surface area contributed by atoms with Gasteiger partial charge in [-0.2, -0.15) is 0 Å². The Morgan fingerprint density at radius 3 is 2.61 bits per heavy atom. The van der Waals surface area contributed by atoms with Crippen LogP contribution in [0, 0.1) is 0 Å². The Morgan fingerprint density at radius 2 is 1.94 bits per heavy atom. The lowest BCUT2D eigenvalue weighted by Crippen LogP contribution is -1.96. The molecule has 0 bridgehead atoms. The second-order valence-corrected chi connectivity index (χ2v) is 4.09. The number of benzene rings is 1. The summed E-state index contributed by atoms with van der Waals surface area (Å²) >= 11 is 0. The zero-order valence-electron chi connectivity index (χ0n) is 10.6. The summed E-state index contributed by atoms with van der Waals surface area (Å²) in [5.41, 5.74) is 2.02. The lowest BCUT2D eigenvalue weighted by atomic mass is 10.3. The van der Waals surface area contributed by atoms with Gasteiger partial charge in [-0.05, 0) is 42.8 Å². The van der Waals surface area contributed by atoms with Gasteiger partial charge in [0.05, 0.1) is 18.5 Å². The van der Waals surface area contributed by atoms with Crippen LogP contribution in [0.3, 0.4) is 0 Å². The van der Waals surface area contributed by atoms with Crippen LogP contribution in [0.2, 0.25) is 0 Å². The van der Waals surface area contributed by atoms with Gasteiger partial charge in [0.25, 0.3) is 0 Å². The minimum absolute atomic E-state index is 0.784. The molecule has 2 aromatic rings. The lowest BCUT2D eigenvalue weighted by molar-refractivity contribution is 0.309. The van der Waals surface area contributed by atoms with Crippen LogP contribution < -0.4 is 10.1 Å². The van der Waals surface area contributed by atoms with Crippen LogP contribution in [-0.2, 0) is 0 Å². The van der Waals surface area contributed by atoms with E-state index in [2.05, 4.69) is 17.2 Å². The average Bonchev–Trinajstić information content (AvgIpc) is 2.42. The third-order valence-electron chi connectivity index (χ3n) is 2.57. The van der Waals surface area contributed by atoms with E-state index in [4.69, 9.17) is 4.74 Å². The van der Waals surface area contributed by atoms with E-state index < -0.39 is 0 Å². The predicted molar refractivity (Wildman–Crippen MR) is 74.4 cm³/mol. The first-order valence-electron chi connectivity index (χ1n) is 6.28. The van der Waals surface area contributed by atoms with E-state index in [9.17, 15) is 0 Å². The summed E-state index contributed by atoms with van der Waals surface area (Å²) in [5.74, 6) is 0.917. The number of nitrogens with one attached hydrogen (secondary N) is 1. The SMILES string of the molecule is CCCCOc1ccc(Nc2cccnc2)cc1. The highest BCUT2D eigenvalue weighted by atomic mass is 16.5. The van der Waals surface area contributed by atoms with Crippen LogP contribution in [0.15, 0.2) is 48.8 Å². The van der Waals surface area contributed by atoms with Crippen molar-refractivity contribution >= 4 is 11.4 Å². The summed E-state index contributed by atoms with van der Waals surface area (Å²) in [4.78, 5) is 4.06. The molecule has 3 nitrogen and oxygen atoms in total. The third kappa shape index (κ3) is 3.77. The van der Waals surface area contributed by atoms with Crippen LogP contribution >= 0.6 is 0 Å². The molecule has 0 fully saturated rings. The summed E-state index contributed by atoms with van der Waals surface area (Å²) in [6.45, 7) is 2.94. The number of hydrogen-bond acceptors (Lipinski definition) is 3. The molecule has 0 atom stereocenters. The Hall–Kier alpha value is -2.03. The fraction of sp³-hybridized carbons (Fsp3) is 0.267. The fourth-order valence-electron chi connectivity index (χ4n) is 1.57. The van der Waals surface area contributed by atoms with Crippen molar-refractivity contribution in [2.75, 3.05) is 11.9 Å². The number of anilines is 2. The predicted octanol–water partition coefficient (Wildman–Crippen LogP) is 4.00. The molecule has 0 radical (unpaired) electrons. The average molecular weight is 242 g/mol. The molecule has 0 saturated carbocycles. The molecule has 0 aliphatic carbocycles. The van der Waals surface area contributed by atoms with Crippen LogP contribution in [0.25, 0.3) is 0 Å². The standard InChI is InChI=1S/C15H18N2O/c1-2-3-11-18-15-8-6-13(7-9-15)17-14-5-4-10-16-12-14/h4-10,12,17H,2-3,11H2,1H3. The van der Waals surface area contributed by atoms with Crippen molar-refractivity contribution in [3.8, 4) is 5.75 Å². The normalized spacial score (nSPS) is 10.1. The molecule has 0 aliphatic rings. The maximum Gasteiger partial charge on any atom is 0.119 e. The zero-order chi connectivity index (χ0) is 12.6. The third-order valence-corrected chi connectivity index (χ3v) is 2.57. The molecule has 94 valence electrons. The molecular weight excluding hydrogens is 224 g/mol. The van der Waals surface area contributed by atoms with E-state index >= 15 is 0 Å². The van der Waals surface area contributed by atoms with E-state index in [0.29, 0.717) is 0 Å². The molecule has 0 unspecified atom stereocenters. The molecular formula is C15H18N2O. The van der Waals surface area contributed by atoms with Gasteiger partial charge >= 0.3 is 0 Å². The highest BCUT2D eigenvalue weighted by molar-refractivity contribution is 5.59. The summed E-state index contributed by atoms with van der Waals surface area (Å²) in [5, 5.41) is 3.28. The summed E-state index contributed by atoms with van der Waals surface area (Å²) in [6.07, 6.45) is 5.80. The summed E-state index contributed by atoms with van der Waals surface area (Å²) < 4.78 is 5.61. The Bertz CT molecular complexity index is 454. The highest BCUT2D eigenvalue weighted by Gasteiger charge is 1.96. The first-order chi connectivity index (χ1) is 8.88. The number of rotatable bonds is 6. The van der Waals surface area contributed by atoms with Crippen molar-refractivity contribution in [1.29, 1.82) is 0 Å². The van der Waals surface area contributed by atoms with E-state index in [1.54, 1.807) is 12.4 Å². The van der Waals surface area contributed by atoms with Crippen molar-refractivity contribution in [3.05, 3.63) is 48.8 Å². The minimum Gasteiger partial charge on any atom is -0.494 e. The first-order valence-corrected chi connectivity index (χ1v) is 6.28. The van der Waals surface area contributed by atoms with Crippen LogP contribution in [0.4, 0.5) is 11.4 Å². The van der Waals surface area contributed by atoms with Crippen molar-refractivity contribution in [1.82, 2.24) is 4.98 Å². The van der Waals surface area contributed by atoms with E-state index in [1.165, 1.54) is 0 Å². The van der Waals surface area contributed by atoms with Crippen LogP contribution in [-0.4, -0.2) is 11.6 Å². The quantitative estimate of drug-likeness (QED) is 0.777. The van der Waals surface area contributed by atoms with Gasteiger partial charge in [0.15, 0.2) is 0 Å². The largest absolute Gasteiger partial charge is 0.494 e. The molecule has 2 rings (SSSR count). The van der Waals surface area contributed by atoms with Gasteiger partial charge < -0.3 is 10.1 Å². The maximum absolute atomic E-state index is 5.61. The molecule has 1 aromatic carbocycles. The number of hydrogen-bond donors (Lipinski definition) is 1. The van der Waals surface area contributed by atoms with Crippen LogP contribution in [0.1, 0.15) is 19.8 Å². The zero-order valence-corrected chi connectivity index (χ0v) is 10.6. The Morgan fingerprint density at radius 1 is 1.11 bits per heavy atom. The van der Waals surface area contributed by atoms with Gasteiger partial charge in [0, 0.05) is 11.9 Å². The minimum atomic E-state index is 0.784. The molecule has 0 spiro atoms. The van der Waals surface area contributed by atoms with Gasteiger partial charge in [-0.25, -0.2) is 0 Å². The topological polar surface area (TPSA) is 34.1 Å². The molecule has 1 heterocycles.